The molecule has 0 radical (unpaired) electrons. The molecule has 2 aliphatic rings. The van der Waals surface area contributed by atoms with Crippen molar-refractivity contribution in [1.29, 1.82) is 0 Å². The van der Waals surface area contributed by atoms with Gasteiger partial charge in [-0.05, 0) is 37.6 Å². The van der Waals surface area contributed by atoms with Crippen LogP contribution in [0.15, 0.2) is 67.3 Å². The number of fused-ring (bicyclic) bond motifs is 4. The summed E-state index contributed by atoms with van der Waals surface area (Å²) in [4.78, 5) is 18.6. The summed E-state index contributed by atoms with van der Waals surface area (Å²) in [6.07, 6.45) is 8.32. The topological polar surface area (TPSA) is 50.1 Å². The van der Waals surface area contributed by atoms with Crippen molar-refractivity contribution in [2.24, 2.45) is 0 Å². The van der Waals surface area contributed by atoms with Crippen LogP contribution < -0.4 is 9.80 Å². The Labute approximate surface area is 169 Å². The largest absolute Gasteiger partial charge is 0.303 e. The number of imidazole rings is 1. The van der Waals surface area contributed by atoms with Crippen LogP contribution in [-0.4, -0.2) is 25.7 Å². The van der Waals surface area contributed by atoms with Gasteiger partial charge in [0.2, 0.25) is 0 Å². The third-order valence-corrected chi connectivity index (χ3v) is 5.91. The van der Waals surface area contributed by atoms with Crippen LogP contribution in [0, 0.1) is 6.92 Å². The van der Waals surface area contributed by atoms with Crippen LogP contribution in [0.3, 0.4) is 0 Å². The molecule has 2 aromatic carbocycles. The molecule has 6 rings (SSSR count). The molecular weight excluding hydrogens is 360 g/mol. The van der Waals surface area contributed by atoms with Gasteiger partial charge in [-0.3, -0.25) is 0 Å². The van der Waals surface area contributed by atoms with Gasteiger partial charge in [0.05, 0.1) is 11.4 Å². The van der Waals surface area contributed by atoms with E-state index in [1.54, 1.807) is 12.4 Å². The molecule has 0 amide bonds. The maximum Gasteiger partial charge on any atom is 0.178 e. The molecule has 29 heavy (non-hydrogen) atoms. The summed E-state index contributed by atoms with van der Waals surface area (Å²) in [6.45, 7) is 4.38. The number of aromatic nitrogens is 4. The van der Waals surface area contributed by atoms with E-state index >= 15 is 0 Å². The van der Waals surface area contributed by atoms with Crippen LogP contribution in [0.2, 0.25) is 0 Å². The smallest absolute Gasteiger partial charge is 0.178 e. The summed E-state index contributed by atoms with van der Waals surface area (Å²) in [5.41, 5.74) is 6.05. The molecule has 2 aromatic heterocycles. The Balaban J connectivity index is 1.56. The van der Waals surface area contributed by atoms with Crippen molar-refractivity contribution in [1.82, 2.24) is 19.5 Å². The van der Waals surface area contributed by atoms with E-state index in [1.807, 2.05) is 18.5 Å². The fourth-order valence-corrected chi connectivity index (χ4v) is 4.67. The second-order valence-electron chi connectivity index (χ2n) is 7.53. The molecule has 6 nitrogen and oxygen atoms in total. The second-order valence-corrected chi connectivity index (χ2v) is 7.53. The first-order valence-corrected chi connectivity index (χ1v) is 9.83. The van der Waals surface area contributed by atoms with Gasteiger partial charge in [0, 0.05) is 42.5 Å². The summed E-state index contributed by atoms with van der Waals surface area (Å²) in [5.74, 6) is 2.86. The molecule has 0 fully saturated rings. The number of benzene rings is 2. The summed E-state index contributed by atoms with van der Waals surface area (Å²) < 4.78 is 2.19. The normalized spacial score (nSPS) is 16.7. The van der Waals surface area contributed by atoms with Crippen molar-refractivity contribution in [2.45, 2.75) is 26.4 Å². The van der Waals surface area contributed by atoms with Gasteiger partial charge in [-0.1, -0.05) is 24.3 Å². The van der Waals surface area contributed by atoms with E-state index in [2.05, 4.69) is 69.6 Å². The van der Waals surface area contributed by atoms with E-state index in [-0.39, 0.29) is 6.17 Å². The average molecular weight is 380 g/mol. The molecule has 0 spiro atoms. The third kappa shape index (κ3) is 2.20. The quantitative estimate of drug-likeness (QED) is 0.451. The highest BCUT2D eigenvalue weighted by atomic mass is 15.5. The average Bonchev–Trinajstić information content (AvgIpc) is 3.40. The maximum absolute atomic E-state index is 4.75. The predicted molar refractivity (Wildman–Crippen MR) is 113 cm³/mol. The standard InChI is InChI=1S/C23H20N6/c1-15-8-9-19-18(14-20-24-12-13-27(19)20)21(15)29-16(2)28(17-6-4-3-5-7-17)22-23(29)26-11-10-25-22/h3-13,16H,14H2,1-2H3/t16-/m0/s1. The van der Waals surface area contributed by atoms with Gasteiger partial charge in [0.1, 0.15) is 12.0 Å². The number of para-hydroxylation sites is 1. The Hall–Kier alpha value is -3.67. The summed E-state index contributed by atoms with van der Waals surface area (Å²) in [5, 5.41) is 0. The minimum Gasteiger partial charge on any atom is -0.303 e. The molecule has 0 unspecified atom stereocenters. The maximum atomic E-state index is 4.75. The highest BCUT2D eigenvalue weighted by molar-refractivity contribution is 5.86. The van der Waals surface area contributed by atoms with Crippen LogP contribution in [-0.2, 0) is 6.42 Å². The first-order valence-electron chi connectivity index (χ1n) is 9.83. The van der Waals surface area contributed by atoms with Crippen molar-refractivity contribution in [3.8, 4) is 5.69 Å². The molecule has 142 valence electrons. The van der Waals surface area contributed by atoms with Gasteiger partial charge in [0.15, 0.2) is 11.6 Å². The van der Waals surface area contributed by atoms with Crippen LogP contribution >= 0.6 is 0 Å². The van der Waals surface area contributed by atoms with E-state index in [0.29, 0.717) is 0 Å². The molecule has 6 heteroatoms. The van der Waals surface area contributed by atoms with E-state index in [9.17, 15) is 0 Å². The highest BCUT2D eigenvalue weighted by Gasteiger charge is 2.40. The predicted octanol–water partition coefficient (Wildman–Crippen LogP) is 4.51. The van der Waals surface area contributed by atoms with Crippen molar-refractivity contribution in [2.75, 3.05) is 9.80 Å². The fraction of sp³-hybridized carbons (Fsp3) is 0.174. The molecule has 0 bridgehead atoms. The van der Waals surface area contributed by atoms with E-state index in [0.717, 1.165) is 29.6 Å². The van der Waals surface area contributed by atoms with Crippen LogP contribution in [0.5, 0.6) is 0 Å². The van der Waals surface area contributed by atoms with Gasteiger partial charge in [0.25, 0.3) is 0 Å². The zero-order valence-electron chi connectivity index (χ0n) is 16.3. The second kappa shape index (κ2) is 5.91. The molecule has 0 saturated heterocycles. The van der Waals surface area contributed by atoms with Crippen molar-refractivity contribution in [3.05, 3.63) is 84.2 Å². The fourth-order valence-electron chi connectivity index (χ4n) is 4.67. The van der Waals surface area contributed by atoms with Gasteiger partial charge in [-0.25, -0.2) is 15.0 Å². The lowest BCUT2D eigenvalue weighted by atomic mass is 10.0. The summed E-state index contributed by atoms with van der Waals surface area (Å²) in [7, 11) is 0. The Morgan fingerprint density at radius 2 is 1.62 bits per heavy atom. The molecule has 0 N–H and O–H groups in total. The van der Waals surface area contributed by atoms with Crippen molar-refractivity contribution >= 4 is 23.0 Å². The van der Waals surface area contributed by atoms with Crippen molar-refractivity contribution < 1.29 is 0 Å². The molecular formula is C23H20N6. The van der Waals surface area contributed by atoms with Gasteiger partial charge in [-0.2, -0.15) is 0 Å². The lowest BCUT2D eigenvalue weighted by Crippen LogP contribution is -2.36. The monoisotopic (exact) mass is 380 g/mol. The molecule has 1 atom stereocenters. The van der Waals surface area contributed by atoms with Crippen LogP contribution in [0.25, 0.3) is 5.69 Å². The lowest BCUT2D eigenvalue weighted by Gasteiger charge is -2.31. The molecule has 0 aliphatic carbocycles. The number of rotatable bonds is 2. The summed E-state index contributed by atoms with van der Waals surface area (Å²) in [6, 6.07) is 14.8. The van der Waals surface area contributed by atoms with E-state index in [1.165, 1.54) is 22.5 Å². The van der Waals surface area contributed by atoms with Crippen molar-refractivity contribution in [3.63, 3.8) is 0 Å². The Morgan fingerprint density at radius 1 is 0.862 bits per heavy atom. The Kier molecular flexibility index (Phi) is 3.32. The van der Waals surface area contributed by atoms with Gasteiger partial charge in [-0.15, -0.1) is 0 Å². The molecule has 2 aliphatic heterocycles. The summed E-state index contributed by atoms with van der Waals surface area (Å²) >= 11 is 0. The number of aryl methyl sites for hydroxylation is 1. The number of hydrogen-bond donors (Lipinski definition) is 0. The number of hydrogen-bond acceptors (Lipinski definition) is 5. The molecule has 0 saturated carbocycles. The minimum atomic E-state index is 0.0490. The minimum absolute atomic E-state index is 0.0490. The zero-order chi connectivity index (χ0) is 19.5. The van der Waals surface area contributed by atoms with Crippen LogP contribution in [0.1, 0.15) is 23.9 Å². The first-order chi connectivity index (χ1) is 14.2. The number of nitrogens with zero attached hydrogens (tertiary/aromatic N) is 6. The van der Waals surface area contributed by atoms with Crippen LogP contribution in [0.4, 0.5) is 23.0 Å². The van der Waals surface area contributed by atoms with E-state index < -0.39 is 0 Å². The van der Waals surface area contributed by atoms with Gasteiger partial charge >= 0.3 is 0 Å². The SMILES string of the molecule is Cc1ccc2c(c1N1c3nccnc3N(c3ccccc3)[C@@H]1C)Cc1nccn1-2. The first kappa shape index (κ1) is 16.3. The Bertz CT molecular complexity index is 1230. The molecule has 4 aromatic rings. The number of anilines is 4. The lowest BCUT2D eigenvalue weighted by molar-refractivity contribution is 0.750. The van der Waals surface area contributed by atoms with E-state index in [4.69, 9.17) is 9.97 Å². The molecule has 4 heterocycles. The Morgan fingerprint density at radius 3 is 2.41 bits per heavy atom. The highest BCUT2D eigenvalue weighted by Crippen LogP contribution is 2.48. The third-order valence-electron chi connectivity index (χ3n) is 5.91. The zero-order valence-corrected chi connectivity index (χ0v) is 16.3. The van der Waals surface area contributed by atoms with Gasteiger partial charge < -0.3 is 14.4 Å².